The standard InChI is InChI=1S/C18H19NO4S2/c1-10-16(25-11(2)19-10)8-15(21)18(22)23-6-5-12-9-24-17-7-13(20)3-4-14(12)17/h3-4,7,9,15,20-21H,5-6,8H2,1-2H3. The lowest BCUT2D eigenvalue weighted by Crippen LogP contribution is -2.26. The first kappa shape index (κ1) is 17.8. The van der Waals surface area contributed by atoms with Crippen LogP contribution >= 0.6 is 22.7 Å². The van der Waals surface area contributed by atoms with E-state index in [1.54, 1.807) is 23.5 Å². The summed E-state index contributed by atoms with van der Waals surface area (Å²) >= 11 is 3.03. The van der Waals surface area contributed by atoms with Gasteiger partial charge in [0.05, 0.1) is 17.3 Å². The number of aliphatic hydroxyl groups is 1. The summed E-state index contributed by atoms with van der Waals surface area (Å²) in [6.45, 7) is 3.98. The Hall–Kier alpha value is -1.96. The normalized spacial score (nSPS) is 12.4. The van der Waals surface area contributed by atoms with Gasteiger partial charge < -0.3 is 14.9 Å². The molecule has 3 aromatic rings. The van der Waals surface area contributed by atoms with Crippen molar-refractivity contribution in [3.05, 3.63) is 44.7 Å². The number of thiazole rings is 1. The molecule has 2 N–H and O–H groups in total. The van der Waals surface area contributed by atoms with E-state index in [1.165, 1.54) is 11.3 Å². The minimum atomic E-state index is -1.17. The number of nitrogens with zero attached hydrogens (tertiary/aromatic N) is 1. The van der Waals surface area contributed by atoms with Crippen LogP contribution in [0.3, 0.4) is 0 Å². The third-order valence-corrected chi connectivity index (χ3v) is 5.99. The lowest BCUT2D eigenvalue weighted by Gasteiger charge is -2.10. The van der Waals surface area contributed by atoms with Gasteiger partial charge >= 0.3 is 5.97 Å². The molecule has 25 heavy (non-hydrogen) atoms. The SMILES string of the molecule is Cc1nc(C)c(CC(O)C(=O)OCCc2csc3cc(O)ccc23)s1. The van der Waals surface area contributed by atoms with Crippen LogP contribution in [-0.2, 0) is 22.4 Å². The molecule has 1 atom stereocenters. The second kappa shape index (κ2) is 7.51. The Morgan fingerprint density at radius 2 is 2.16 bits per heavy atom. The number of hydrogen-bond acceptors (Lipinski definition) is 7. The third-order valence-electron chi connectivity index (χ3n) is 3.91. The van der Waals surface area contributed by atoms with Gasteiger partial charge in [-0.05, 0) is 48.4 Å². The number of fused-ring (bicyclic) bond motifs is 1. The van der Waals surface area contributed by atoms with Crippen molar-refractivity contribution in [2.24, 2.45) is 0 Å². The maximum atomic E-state index is 12.0. The molecule has 0 aliphatic rings. The van der Waals surface area contributed by atoms with Crippen LogP contribution in [0.5, 0.6) is 5.75 Å². The van der Waals surface area contributed by atoms with Crippen molar-refractivity contribution in [1.82, 2.24) is 4.98 Å². The predicted molar refractivity (Wildman–Crippen MR) is 99.5 cm³/mol. The van der Waals surface area contributed by atoms with Crippen molar-refractivity contribution >= 4 is 38.7 Å². The molecule has 0 aliphatic heterocycles. The zero-order valence-corrected chi connectivity index (χ0v) is 15.6. The number of benzene rings is 1. The fourth-order valence-corrected chi connectivity index (χ4v) is 4.65. The lowest BCUT2D eigenvalue weighted by molar-refractivity contribution is -0.153. The molecule has 2 aromatic heterocycles. The second-order valence-electron chi connectivity index (χ2n) is 5.82. The quantitative estimate of drug-likeness (QED) is 0.644. The average Bonchev–Trinajstić information content (AvgIpc) is 3.09. The average molecular weight is 377 g/mol. The highest BCUT2D eigenvalue weighted by Crippen LogP contribution is 2.29. The number of carbonyl (C=O) groups is 1. The molecular formula is C18H19NO4S2. The summed E-state index contributed by atoms with van der Waals surface area (Å²) in [5.74, 6) is -0.369. The number of aryl methyl sites for hydroxylation is 2. The molecule has 0 spiro atoms. The summed E-state index contributed by atoms with van der Waals surface area (Å²) in [4.78, 5) is 17.2. The van der Waals surface area contributed by atoms with E-state index >= 15 is 0 Å². The van der Waals surface area contributed by atoms with Crippen molar-refractivity contribution in [3.63, 3.8) is 0 Å². The zero-order chi connectivity index (χ0) is 18.0. The van der Waals surface area contributed by atoms with Crippen molar-refractivity contribution in [2.75, 3.05) is 6.61 Å². The van der Waals surface area contributed by atoms with E-state index in [4.69, 9.17) is 4.74 Å². The summed E-state index contributed by atoms with van der Waals surface area (Å²) in [6.07, 6.45) is -0.367. The summed E-state index contributed by atoms with van der Waals surface area (Å²) in [7, 11) is 0. The number of aromatic nitrogens is 1. The molecule has 7 heteroatoms. The molecule has 0 amide bonds. The van der Waals surface area contributed by atoms with E-state index in [0.29, 0.717) is 6.42 Å². The van der Waals surface area contributed by atoms with Gasteiger partial charge in [0.25, 0.3) is 0 Å². The van der Waals surface area contributed by atoms with Gasteiger partial charge in [-0.25, -0.2) is 9.78 Å². The first-order chi connectivity index (χ1) is 11.9. The van der Waals surface area contributed by atoms with Crippen LogP contribution in [0.4, 0.5) is 0 Å². The van der Waals surface area contributed by atoms with Gasteiger partial charge in [-0.3, -0.25) is 0 Å². The minimum absolute atomic E-state index is 0.212. The predicted octanol–water partition coefficient (Wildman–Crippen LogP) is 3.37. The highest BCUT2D eigenvalue weighted by atomic mass is 32.1. The van der Waals surface area contributed by atoms with Crippen LogP contribution in [0.1, 0.15) is 21.1 Å². The van der Waals surface area contributed by atoms with Crippen LogP contribution in [0.15, 0.2) is 23.6 Å². The van der Waals surface area contributed by atoms with Gasteiger partial charge in [-0.15, -0.1) is 22.7 Å². The molecule has 5 nitrogen and oxygen atoms in total. The number of esters is 1. The first-order valence-electron chi connectivity index (χ1n) is 7.90. The van der Waals surface area contributed by atoms with Crippen LogP contribution < -0.4 is 0 Å². The Balaban J connectivity index is 1.54. The Labute approximate surface area is 153 Å². The number of hydrogen-bond donors (Lipinski definition) is 2. The summed E-state index contributed by atoms with van der Waals surface area (Å²) < 4.78 is 6.22. The summed E-state index contributed by atoms with van der Waals surface area (Å²) in [5, 5.41) is 23.5. The molecule has 3 rings (SSSR count). The fraction of sp³-hybridized carbons (Fsp3) is 0.333. The van der Waals surface area contributed by atoms with E-state index in [1.807, 2.05) is 25.3 Å². The molecule has 132 valence electrons. The van der Waals surface area contributed by atoms with Crippen molar-refractivity contribution in [2.45, 2.75) is 32.8 Å². The largest absolute Gasteiger partial charge is 0.508 e. The lowest BCUT2D eigenvalue weighted by atomic mass is 10.1. The van der Waals surface area contributed by atoms with Gasteiger partial charge in [-0.1, -0.05) is 0 Å². The van der Waals surface area contributed by atoms with Gasteiger partial charge in [0.2, 0.25) is 0 Å². The van der Waals surface area contributed by atoms with Gasteiger partial charge in [-0.2, -0.15) is 0 Å². The van der Waals surface area contributed by atoms with Crippen molar-refractivity contribution in [1.29, 1.82) is 0 Å². The van der Waals surface area contributed by atoms with Crippen LogP contribution in [0.2, 0.25) is 0 Å². The third kappa shape index (κ3) is 4.18. The molecular weight excluding hydrogens is 358 g/mol. The van der Waals surface area contributed by atoms with Crippen LogP contribution in [0.25, 0.3) is 10.1 Å². The monoisotopic (exact) mass is 377 g/mol. The smallest absolute Gasteiger partial charge is 0.335 e. The highest BCUT2D eigenvalue weighted by molar-refractivity contribution is 7.17. The summed E-state index contributed by atoms with van der Waals surface area (Å²) in [6, 6.07) is 5.23. The molecule has 0 bridgehead atoms. The maximum absolute atomic E-state index is 12.0. The number of rotatable bonds is 6. The molecule has 0 radical (unpaired) electrons. The number of thiophene rings is 1. The fourth-order valence-electron chi connectivity index (χ4n) is 2.65. The van der Waals surface area contributed by atoms with Crippen molar-refractivity contribution in [3.8, 4) is 5.75 Å². The molecule has 1 unspecified atom stereocenters. The topological polar surface area (TPSA) is 79.7 Å². The van der Waals surface area contributed by atoms with E-state index in [9.17, 15) is 15.0 Å². The number of aromatic hydroxyl groups is 1. The molecule has 0 aliphatic carbocycles. The number of carbonyl (C=O) groups excluding carboxylic acids is 1. The summed E-state index contributed by atoms with van der Waals surface area (Å²) in [5.41, 5.74) is 1.92. The number of phenols is 1. The Kier molecular flexibility index (Phi) is 5.36. The Morgan fingerprint density at radius 1 is 1.36 bits per heavy atom. The highest BCUT2D eigenvalue weighted by Gasteiger charge is 2.20. The molecule has 1 aromatic carbocycles. The molecule has 0 saturated heterocycles. The van der Waals surface area contributed by atoms with Gasteiger partial charge in [0.1, 0.15) is 5.75 Å². The van der Waals surface area contributed by atoms with Gasteiger partial charge in [0.15, 0.2) is 6.10 Å². The number of ether oxygens (including phenoxy) is 1. The minimum Gasteiger partial charge on any atom is -0.508 e. The first-order valence-corrected chi connectivity index (χ1v) is 9.60. The van der Waals surface area contributed by atoms with Crippen molar-refractivity contribution < 1.29 is 19.7 Å². The van der Waals surface area contributed by atoms with Gasteiger partial charge in [0, 0.05) is 22.4 Å². The van der Waals surface area contributed by atoms with Crippen LogP contribution in [0, 0.1) is 13.8 Å². The molecule has 0 fully saturated rings. The Morgan fingerprint density at radius 3 is 2.88 bits per heavy atom. The molecule has 2 heterocycles. The maximum Gasteiger partial charge on any atom is 0.335 e. The van der Waals surface area contributed by atoms with E-state index in [-0.39, 0.29) is 18.8 Å². The van der Waals surface area contributed by atoms with E-state index in [2.05, 4.69) is 4.98 Å². The number of aliphatic hydroxyl groups excluding tert-OH is 1. The van der Waals surface area contributed by atoms with Crippen LogP contribution in [-0.4, -0.2) is 33.9 Å². The second-order valence-corrected chi connectivity index (χ2v) is 8.02. The zero-order valence-electron chi connectivity index (χ0n) is 14.0. The molecule has 0 saturated carbocycles. The Bertz CT molecular complexity index is 900. The number of phenolic OH excluding ortho intramolecular Hbond substituents is 1. The van der Waals surface area contributed by atoms with E-state index in [0.717, 1.165) is 31.2 Å². The van der Waals surface area contributed by atoms with E-state index < -0.39 is 12.1 Å².